The molecule has 1 aromatic carbocycles. The highest BCUT2D eigenvalue weighted by Crippen LogP contribution is 2.25. The second kappa shape index (κ2) is 7.13. The summed E-state index contributed by atoms with van der Waals surface area (Å²) in [7, 11) is -3.58. The number of amides is 2. The number of benzene rings is 1. The Hall–Kier alpha value is -1.93. The third kappa shape index (κ3) is 3.85. The highest BCUT2D eigenvalue weighted by molar-refractivity contribution is 7.94. The molecule has 2 amide bonds. The Balaban J connectivity index is 1.62. The Morgan fingerprint density at radius 3 is 2.40 bits per heavy atom. The van der Waals surface area contributed by atoms with Gasteiger partial charge in [-0.05, 0) is 57.1 Å². The van der Waals surface area contributed by atoms with Crippen molar-refractivity contribution in [3.05, 3.63) is 29.8 Å². The molecule has 3 rings (SSSR count). The van der Waals surface area contributed by atoms with Gasteiger partial charge in [-0.2, -0.15) is 0 Å². The fourth-order valence-corrected chi connectivity index (χ4v) is 4.73. The van der Waals surface area contributed by atoms with Gasteiger partial charge in [0, 0.05) is 24.6 Å². The molecule has 7 nitrogen and oxygen atoms in total. The van der Waals surface area contributed by atoms with E-state index in [4.69, 9.17) is 0 Å². The van der Waals surface area contributed by atoms with Crippen LogP contribution in [0.1, 0.15) is 36.5 Å². The standard InChI is InChI=1S/C17H23N3O4S/c1-13(19-9-2-3-10-19)12-18-17(22)14-4-6-15(7-5-14)20-16(21)8-11-25(20,23)24/h4-7,13H,2-3,8-12H2,1H3,(H,18,22)/t13-/m1/s1. The van der Waals surface area contributed by atoms with Gasteiger partial charge in [-0.3, -0.25) is 14.5 Å². The molecular formula is C17H23N3O4S. The molecule has 0 saturated carbocycles. The van der Waals surface area contributed by atoms with Crippen molar-refractivity contribution in [2.45, 2.75) is 32.2 Å². The van der Waals surface area contributed by atoms with Gasteiger partial charge in [0.15, 0.2) is 0 Å². The first-order chi connectivity index (χ1) is 11.9. The Labute approximate surface area is 148 Å². The minimum Gasteiger partial charge on any atom is -0.350 e. The minimum absolute atomic E-state index is 0.00103. The molecule has 1 atom stereocenters. The summed E-state index contributed by atoms with van der Waals surface area (Å²) >= 11 is 0. The average molecular weight is 365 g/mol. The smallest absolute Gasteiger partial charge is 0.251 e. The second-order valence-corrected chi connectivity index (χ2v) is 8.51. The van der Waals surface area contributed by atoms with Crippen molar-refractivity contribution in [1.29, 1.82) is 0 Å². The van der Waals surface area contributed by atoms with Crippen molar-refractivity contribution in [2.24, 2.45) is 0 Å². The zero-order valence-corrected chi connectivity index (χ0v) is 15.1. The Morgan fingerprint density at radius 1 is 1.20 bits per heavy atom. The van der Waals surface area contributed by atoms with Gasteiger partial charge in [0.05, 0.1) is 11.4 Å². The SMILES string of the molecule is C[C@H](CNC(=O)c1ccc(N2C(=O)CCS2(=O)=O)cc1)N1CCCC1. The fourth-order valence-electron chi connectivity index (χ4n) is 3.27. The number of carbonyl (C=O) groups is 2. The zero-order chi connectivity index (χ0) is 18.0. The number of hydrogen-bond acceptors (Lipinski definition) is 5. The van der Waals surface area contributed by atoms with E-state index in [0.717, 1.165) is 17.4 Å². The minimum atomic E-state index is -3.58. The van der Waals surface area contributed by atoms with Gasteiger partial charge in [-0.25, -0.2) is 12.7 Å². The van der Waals surface area contributed by atoms with Crippen molar-refractivity contribution in [2.75, 3.05) is 29.7 Å². The monoisotopic (exact) mass is 365 g/mol. The largest absolute Gasteiger partial charge is 0.350 e. The van der Waals surface area contributed by atoms with Gasteiger partial charge in [0.25, 0.3) is 5.91 Å². The maximum Gasteiger partial charge on any atom is 0.251 e. The molecule has 1 N–H and O–H groups in total. The third-order valence-electron chi connectivity index (χ3n) is 4.76. The third-order valence-corrected chi connectivity index (χ3v) is 6.46. The van der Waals surface area contributed by atoms with Crippen LogP contribution in [0.2, 0.25) is 0 Å². The van der Waals surface area contributed by atoms with Crippen LogP contribution in [0.15, 0.2) is 24.3 Å². The topological polar surface area (TPSA) is 86.8 Å². The number of carbonyl (C=O) groups excluding carboxylic acids is 2. The van der Waals surface area contributed by atoms with E-state index in [9.17, 15) is 18.0 Å². The molecule has 2 aliphatic heterocycles. The molecule has 8 heteroatoms. The van der Waals surface area contributed by atoms with Crippen LogP contribution in [0.4, 0.5) is 5.69 Å². The van der Waals surface area contributed by atoms with Crippen molar-refractivity contribution in [3.8, 4) is 0 Å². The fraction of sp³-hybridized carbons (Fsp3) is 0.529. The summed E-state index contributed by atoms with van der Waals surface area (Å²) in [5, 5.41) is 2.91. The first-order valence-electron chi connectivity index (χ1n) is 8.56. The van der Waals surface area contributed by atoms with Crippen molar-refractivity contribution < 1.29 is 18.0 Å². The number of rotatable bonds is 5. The summed E-state index contributed by atoms with van der Waals surface area (Å²) in [5.74, 6) is -0.799. The predicted octanol–water partition coefficient (Wildman–Crippen LogP) is 0.967. The Morgan fingerprint density at radius 2 is 1.84 bits per heavy atom. The van der Waals surface area contributed by atoms with Crippen LogP contribution < -0.4 is 9.62 Å². The average Bonchev–Trinajstić information content (AvgIpc) is 3.21. The van der Waals surface area contributed by atoms with E-state index < -0.39 is 15.9 Å². The zero-order valence-electron chi connectivity index (χ0n) is 14.3. The van der Waals surface area contributed by atoms with E-state index in [0.29, 0.717) is 12.1 Å². The molecule has 0 radical (unpaired) electrons. The molecule has 0 aliphatic carbocycles. The second-order valence-electron chi connectivity index (χ2n) is 6.57. The lowest BCUT2D eigenvalue weighted by atomic mass is 10.2. The van der Waals surface area contributed by atoms with Crippen LogP contribution in [-0.4, -0.2) is 56.6 Å². The lowest BCUT2D eigenvalue weighted by Gasteiger charge is -2.23. The molecule has 1 aromatic rings. The summed E-state index contributed by atoms with van der Waals surface area (Å²) in [4.78, 5) is 26.4. The van der Waals surface area contributed by atoms with E-state index >= 15 is 0 Å². The molecule has 2 fully saturated rings. The van der Waals surface area contributed by atoms with Crippen LogP contribution in [0.5, 0.6) is 0 Å². The molecule has 25 heavy (non-hydrogen) atoms. The molecule has 2 saturated heterocycles. The molecule has 0 bridgehead atoms. The van der Waals surface area contributed by atoms with Gasteiger partial charge < -0.3 is 5.32 Å². The predicted molar refractivity (Wildman–Crippen MR) is 94.9 cm³/mol. The van der Waals surface area contributed by atoms with Gasteiger partial charge in [0.1, 0.15) is 0 Å². The summed E-state index contributed by atoms with van der Waals surface area (Å²) in [5.41, 5.74) is 0.728. The molecule has 2 aliphatic rings. The van der Waals surface area contributed by atoms with Gasteiger partial charge in [0.2, 0.25) is 15.9 Å². The van der Waals surface area contributed by atoms with Crippen LogP contribution in [0.25, 0.3) is 0 Å². The first-order valence-corrected chi connectivity index (χ1v) is 10.2. The van der Waals surface area contributed by atoms with Gasteiger partial charge in [-0.15, -0.1) is 0 Å². The van der Waals surface area contributed by atoms with Crippen LogP contribution >= 0.6 is 0 Å². The number of likely N-dealkylation sites (tertiary alicyclic amines) is 1. The van der Waals surface area contributed by atoms with Crippen LogP contribution in [0, 0.1) is 0 Å². The van der Waals surface area contributed by atoms with Crippen molar-refractivity contribution in [3.63, 3.8) is 0 Å². The summed E-state index contributed by atoms with van der Waals surface area (Å²) in [6, 6.07) is 6.38. The number of hydrogen-bond donors (Lipinski definition) is 1. The molecule has 0 unspecified atom stereocenters. The molecule has 0 spiro atoms. The van der Waals surface area contributed by atoms with E-state index in [1.165, 1.54) is 25.0 Å². The number of sulfonamides is 1. The normalized spacial score (nSPS) is 21.5. The van der Waals surface area contributed by atoms with Crippen LogP contribution in [0.3, 0.4) is 0 Å². The summed E-state index contributed by atoms with van der Waals surface area (Å²) in [6.45, 7) is 4.81. The molecule has 2 heterocycles. The summed E-state index contributed by atoms with van der Waals surface area (Å²) < 4.78 is 24.7. The maximum absolute atomic E-state index is 12.3. The molecular weight excluding hydrogens is 342 g/mol. The molecule has 136 valence electrons. The maximum atomic E-state index is 12.3. The number of nitrogens with one attached hydrogen (secondary N) is 1. The van der Waals surface area contributed by atoms with Crippen LogP contribution in [-0.2, 0) is 14.8 Å². The number of anilines is 1. The lowest BCUT2D eigenvalue weighted by molar-refractivity contribution is -0.116. The van der Waals surface area contributed by atoms with E-state index in [1.807, 2.05) is 0 Å². The highest BCUT2D eigenvalue weighted by Gasteiger charge is 2.36. The number of nitrogens with zero attached hydrogens (tertiary/aromatic N) is 2. The lowest BCUT2D eigenvalue weighted by Crippen LogP contribution is -2.40. The van der Waals surface area contributed by atoms with Gasteiger partial charge >= 0.3 is 0 Å². The molecule has 0 aromatic heterocycles. The van der Waals surface area contributed by atoms with E-state index in [2.05, 4.69) is 17.1 Å². The highest BCUT2D eigenvalue weighted by atomic mass is 32.2. The summed E-state index contributed by atoms with van der Waals surface area (Å²) in [6.07, 6.45) is 2.41. The van der Waals surface area contributed by atoms with Crippen molar-refractivity contribution in [1.82, 2.24) is 10.2 Å². The Kier molecular flexibility index (Phi) is 5.10. The quantitative estimate of drug-likeness (QED) is 0.840. The van der Waals surface area contributed by atoms with E-state index in [-0.39, 0.29) is 29.8 Å². The van der Waals surface area contributed by atoms with Crippen molar-refractivity contribution >= 4 is 27.5 Å². The first kappa shape index (κ1) is 17.9. The Bertz CT molecular complexity index is 755. The van der Waals surface area contributed by atoms with Gasteiger partial charge in [-0.1, -0.05) is 0 Å². The van der Waals surface area contributed by atoms with E-state index in [1.54, 1.807) is 12.1 Å².